The van der Waals surface area contributed by atoms with Crippen molar-refractivity contribution in [2.24, 2.45) is 5.73 Å². The quantitative estimate of drug-likeness (QED) is 0.709. The number of methoxy groups -OCH3 is 1. The third kappa shape index (κ3) is 5.73. The molecule has 0 fully saturated rings. The van der Waals surface area contributed by atoms with Gasteiger partial charge in [0.2, 0.25) is 11.8 Å². The molecule has 1 atom stereocenters. The minimum Gasteiger partial charge on any atom is -0.382 e. The molecule has 0 radical (unpaired) electrons. The second kappa shape index (κ2) is 7.99. The number of carbonyl (C=O) groups is 2. The summed E-state index contributed by atoms with van der Waals surface area (Å²) in [6.45, 7) is 1.53. The van der Waals surface area contributed by atoms with Gasteiger partial charge in [0, 0.05) is 24.2 Å². The second-order valence-electron chi connectivity index (χ2n) is 4.73. The lowest BCUT2D eigenvalue weighted by Gasteiger charge is -2.26. The maximum atomic E-state index is 12.7. The third-order valence-corrected chi connectivity index (χ3v) is 3.82. The smallest absolute Gasteiger partial charge is 0.245 e. The van der Waals surface area contributed by atoms with Crippen molar-refractivity contribution in [2.75, 3.05) is 19.5 Å². The first-order chi connectivity index (χ1) is 9.87. The molecule has 0 unspecified atom stereocenters. The van der Waals surface area contributed by atoms with Crippen LogP contribution in [0.2, 0.25) is 0 Å². The summed E-state index contributed by atoms with van der Waals surface area (Å²) in [7, 11) is 1.43. The fourth-order valence-electron chi connectivity index (χ4n) is 1.62. The van der Waals surface area contributed by atoms with E-state index in [1.165, 1.54) is 37.9 Å². The van der Waals surface area contributed by atoms with E-state index < -0.39 is 11.4 Å². The summed E-state index contributed by atoms with van der Waals surface area (Å²) in [4.78, 5) is 24.1. The van der Waals surface area contributed by atoms with Crippen LogP contribution in [0.5, 0.6) is 0 Å². The van der Waals surface area contributed by atoms with E-state index in [2.05, 4.69) is 5.32 Å². The van der Waals surface area contributed by atoms with Crippen LogP contribution in [-0.2, 0) is 14.3 Å². The molecule has 1 rings (SSSR count). The van der Waals surface area contributed by atoms with Crippen LogP contribution < -0.4 is 11.1 Å². The highest BCUT2D eigenvalue weighted by molar-refractivity contribution is 7.99. The zero-order chi connectivity index (χ0) is 15.9. The highest BCUT2D eigenvalue weighted by atomic mass is 32.2. The lowest BCUT2D eigenvalue weighted by Crippen LogP contribution is -2.58. The van der Waals surface area contributed by atoms with Crippen molar-refractivity contribution < 1.29 is 18.7 Å². The topological polar surface area (TPSA) is 81.4 Å². The molecule has 1 aromatic carbocycles. The predicted octanol–water partition coefficient (Wildman–Crippen LogP) is 1.31. The highest BCUT2D eigenvalue weighted by Crippen LogP contribution is 2.19. The van der Waals surface area contributed by atoms with Crippen molar-refractivity contribution in [1.82, 2.24) is 5.32 Å². The number of primary amides is 1. The van der Waals surface area contributed by atoms with Gasteiger partial charge in [0.1, 0.15) is 11.4 Å². The molecule has 0 aromatic heterocycles. The van der Waals surface area contributed by atoms with Gasteiger partial charge in [-0.1, -0.05) is 0 Å². The second-order valence-corrected chi connectivity index (χ2v) is 5.90. The summed E-state index contributed by atoms with van der Waals surface area (Å²) >= 11 is 1.43. The molecule has 0 saturated carbocycles. The molecule has 0 aliphatic heterocycles. The van der Waals surface area contributed by atoms with Crippen molar-refractivity contribution >= 4 is 23.6 Å². The summed E-state index contributed by atoms with van der Waals surface area (Å²) in [5.41, 5.74) is 4.05. The lowest BCUT2D eigenvalue weighted by molar-refractivity contribution is -0.132. The predicted molar refractivity (Wildman–Crippen MR) is 79.4 cm³/mol. The van der Waals surface area contributed by atoms with Crippen LogP contribution in [-0.4, -0.2) is 36.8 Å². The molecule has 0 heterocycles. The molecule has 21 heavy (non-hydrogen) atoms. The minimum absolute atomic E-state index is 0.0131. The first kappa shape index (κ1) is 17.5. The maximum Gasteiger partial charge on any atom is 0.245 e. The van der Waals surface area contributed by atoms with Gasteiger partial charge in [-0.25, -0.2) is 4.39 Å². The van der Waals surface area contributed by atoms with E-state index in [1.54, 1.807) is 12.1 Å². The standard InChI is InChI=1S/C14H19FN2O3S/c1-14(9-20-2,13(16)19)17-12(18)7-8-21-11-5-3-10(15)4-6-11/h3-6H,7-9H2,1-2H3,(H2,16,19)(H,17,18)/t14-/m0/s1. The molecule has 1 aromatic rings. The van der Waals surface area contributed by atoms with Gasteiger partial charge in [-0.2, -0.15) is 0 Å². The van der Waals surface area contributed by atoms with Crippen molar-refractivity contribution in [2.45, 2.75) is 23.8 Å². The van der Waals surface area contributed by atoms with Gasteiger partial charge in [0.25, 0.3) is 0 Å². The summed E-state index contributed by atoms with van der Waals surface area (Å²) < 4.78 is 17.6. The molecular weight excluding hydrogens is 295 g/mol. The SMILES string of the molecule is COC[C@](C)(NC(=O)CCSc1ccc(F)cc1)C(N)=O. The van der Waals surface area contributed by atoms with Gasteiger partial charge in [0.15, 0.2) is 0 Å². The van der Waals surface area contributed by atoms with E-state index in [-0.39, 0.29) is 24.8 Å². The Morgan fingerprint density at radius 3 is 2.52 bits per heavy atom. The number of hydrogen-bond donors (Lipinski definition) is 2. The fraction of sp³-hybridized carbons (Fsp3) is 0.429. The number of rotatable bonds is 8. The number of hydrogen-bond acceptors (Lipinski definition) is 4. The van der Waals surface area contributed by atoms with Gasteiger partial charge in [-0.15, -0.1) is 11.8 Å². The Hall–Kier alpha value is -1.60. The molecule has 2 amide bonds. The number of carbonyl (C=O) groups excluding carboxylic acids is 2. The van der Waals surface area contributed by atoms with Crippen molar-refractivity contribution in [1.29, 1.82) is 0 Å². The van der Waals surface area contributed by atoms with E-state index in [1.807, 2.05) is 0 Å². The van der Waals surface area contributed by atoms with E-state index in [0.717, 1.165) is 4.90 Å². The van der Waals surface area contributed by atoms with E-state index in [9.17, 15) is 14.0 Å². The molecule has 5 nitrogen and oxygen atoms in total. The zero-order valence-electron chi connectivity index (χ0n) is 12.0. The largest absolute Gasteiger partial charge is 0.382 e. The van der Waals surface area contributed by atoms with Crippen LogP contribution in [0.15, 0.2) is 29.2 Å². The Balaban J connectivity index is 2.43. The normalized spacial score (nSPS) is 13.5. The molecule has 3 N–H and O–H groups in total. The molecular formula is C14H19FN2O3S. The van der Waals surface area contributed by atoms with Gasteiger partial charge in [-0.05, 0) is 31.2 Å². The van der Waals surface area contributed by atoms with E-state index in [4.69, 9.17) is 10.5 Å². The van der Waals surface area contributed by atoms with Crippen LogP contribution in [0.25, 0.3) is 0 Å². The summed E-state index contributed by atoms with van der Waals surface area (Å²) in [6.07, 6.45) is 0.217. The van der Waals surface area contributed by atoms with Crippen LogP contribution in [0.1, 0.15) is 13.3 Å². The van der Waals surface area contributed by atoms with E-state index in [0.29, 0.717) is 5.75 Å². The van der Waals surface area contributed by atoms with Crippen LogP contribution in [0.4, 0.5) is 4.39 Å². The highest BCUT2D eigenvalue weighted by Gasteiger charge is 2.32. The molecule has 0 spiro atoms. The zero-order valence-corrected chi connectivity index (χ0v) is 12.8. The Bertz CT molecular complexity index is 495. The van der Waals surface area contributed by atoms with Gasteiger partial charge in [0.05, 0.1) is 6.61 Å². The summed E-state index contributed by atoms with van der Waals surface area (Å²) in [5, 5.41) is 2.58. The number of amides is 2. The Kier molecular flexibility index (Phi) is 6.64. The Morgan fingerprint density at radius 2 is 2.00 bits per heavy atom. The van der Waals surface area contributed by atoms with Crippen molar-refractivity contribution in [3.8, 4) is 0 Å². The van der Waals surface area contributed by atoms with Crippen molar-refractivity contribution in [3.63, 3.8) is 0 Å². The van der Waals surface area contributed by atoms with E-state index >= 15 is 0 Å². The average Bonchev–Trinajstić information content (AvgIpc) is 2.41. The summed E-state index contributed by atoms with van der Waals surface area (Å²) in [6, 6.07) is 6.03. The van der Waals surface area contributed by atoms with Gasteiger partial charge >= 0.3 is 0 Å². The van der Waals surface area contributed by atoms with Crippen LogP contribution in [0.3, 0.4) is 0 Å². The first-order valence-electron chi connectivity index (χ1n) is 6.35. The van der Waals surface area contributed by atoms with Crippen LogP contribution in [0, 0.1) is 5.82 Å². The molecule has 0 saturated heterocycles. The molecule has 0 aliphatic carbocycles. The number of nitrogens with one attached hydrogen (secondary N) is 1. The minimum atomic E-state index is -1.22. The number of thioether (sulfide) groups is 1. The average molecular weight is 314 g/mol. The van der Waals surface area contributed by atoms with Gasteiger partial charge < -0.3 is 15.8 Å². The third-order valence-electron chi connectivity index (χ3n) is 2.80. The molecule has 0 aliphatic rings. The van der Waals surface area contributed by atoms with Crippen molar-refractivity contribution in [3.05, 3.63) is 30.1 Å². The maximum absolute atomic E-state index is 12.7. The monoisotopic (exact) mass is 314 g/mol. The number of nitrogens with two attached hydrogens (primary N) is 1. The number of halogens is 1. The Labute approximate surface area is 127 Å². The lowest BCUT2D eigenvalue weighted by atomic mass is 10.0. The fourth-order valence-corrected chi connectivity index (χ4v) is 2.47. The Morgan fingerprint density at radius 1 is 1.38 bits per heavy atom. The molecule has 116 valence electrons. The molecule has 0 bridgehead atoms. The number of benzene rings is 1. The summed E-state index contributed by atoms with van der Waals surface area (Å²) in [5.74, 6) is -0.722. The number of ether oxygens (including phenoxy) is 1. The molecule has 7 heteroatoms. The first-order valence-corrected chi connectivity index (χ1v) is 7.34. The van der Waals surface area contributed by atoms with Gasteiger partial charge in [-0.3, -0.25) is 9.59 Å². The van der Waals surface area contributed by atoms with Crippen LogP contribution >= 0.6 is 11.8 Å².